The third kappa shape index (κ3) is 5.31. The van der Waals surface area contributed by atoms with Gasteiger partial charge in [-0.3, -0.25) is 19.7 Å². The summed E-state index contributed by atoms with van der Waals surface area (Å²) in [4.78, 5) is 33.5. The minimum Gasteiger partial charge on any atom is -0.481 e. The molecule has 1 amide bonds. The van der Waals surface area contributed by atoms with Crippen LogP contribution < -0.4 is 0 Å². The van der Waals surface area contributed by atoms with E-state index in [9.17, 15) is 24.1 Å². The monoisotopic (exact) mass is 310 g/mol. The summed E-state index contributed by atoms with van der Waals surface area (Å²) in [5, 5.41) is 19.3. The van der Waals surface area contributed by atoms with E-state index < -0.39 is 28.3 Å². The Bertz CT molecular complexity index is 615. The molecule has 0 saturated heterocycles. The molecule has 0 heterocycles. The van der Waals surface area contributed by atoms with Gasteiger partial charge < -0.3 is 10.0 Å². The van der Waals surface area contributed by atoms with Crippen molar-refractivity contribution in [1.29, 1.82) is 0 Å². The number of halogens is 1. The second-order valence-corrected chi connectivity index (χ2v) is 4.55. The van der Waals surface area contributed by atoms with Crippen LogP contribution in [0.3, 0.4) is 0 Å². The Kier molecular flexibility index (Phi) is 6.18. The first-order valence-corrected chi connectivity index (χ1v) is 6.40. The number of likely N-dealkylation sites (N-methyl/N-ethyl adjacent to an activating group) is 1. The Morgan fingerprint density at radius 1 is 1.45 bits per heavy atom. The van der Waals surface area contributed by atoms with Crippen LogP contribution in [0.25, 0.3) is 6.08 Å². The van der Waals surface area contributed by atoms with Crippen molar-refractivity contribution in [3.63, 3.8) is 0 Å². The Morgan fingerprint density at radius 2 is 2.14 bits per heavy atom. The van der Waals surface area contributed by atoms with Crippen LogP contribution in [-0.2, 0) is 9.59 Å². The van der Waals surface area contributed by atoms with Gasteiger partial charge in [-0.25, -0.2) is 4.39 Å². The predicted octanol–water partition coefficient (Wildman–Crippen LogP) is 2.07. The lowest BCUT2D eigenvalue weighted by Crippen LogP contribution is -2.26. The number of benzene rings is 1. The molecule has 0 bridgehead atoms. The van der Waals surface area contributed by atoms with Gasteiger partial charge in [0.05, 0.1) is 16.6 Å². The maximum Gasteiger partial charge on any atom is 0.303 e. The summed E-state index contributed by atoms with van der Waals surface area (Å²) >= 11 is 0. The standard InChI is InChI=1S/C14H15FN2O5/c1-16(8-2-3-14(19)20)13(18)7-5-10-4-6-11(15)9-12(10)17(21)22/h4-7,9H,2-3,8H2,1H3,(H,19,20)/b7-5+. The highest BCUT2D eigenvalue weighted by atomic mass is 19.1. The number of amides is 1. The molecule has 0 aromatic heterocycles. The molecular weight excluding hydrogens is 295 g/mol. The minimum atomic E-state index is -0.946. The predicted molar refractivity (Wildman–Crippen MR) is 76.6 cm³/mol. The lowest BCUT2D eigenvalue weighted by atomic mass is 10.1. The average molecular weight is 310 g/mol. The largest absolute Gasteiger partial charge is 0.481 e. The van der Waals surface area contributed by atoms with Crippen LogP contribution in [0.15, 0.2) is 24.3 Å². The molecule has 0 saturated carbocycles. The maximum absolute atomic E-state index is 13.0. The van der Waals surface area contributed by atoms with Crippen molar-refractivity contribution in [3.8, 4) is 0 Å². The fraction of sp³-hybridized carbons (Fsp3) is 0.286. The van der Waals surface area contributed by atoms with Crippen LogP contribution in [0, 0.1) is 15.9 Å². The molecule has 7 nitrogen and oxygen atoms in total. The molecule has 0 spiro atoms. The van der Waals surface area contributed by atoms with Gasteiger partial charge in [-0.1, -0.05) is 0 Å². The Labute approximate surface area is 125 Å². The zero-order valence-corrected chi connectivity index (χ0v) is 11.9. The average Bonchev–Trinajstić information content (AvgIpc) is 2.44. The number of carboxylic acids is 1. The second kappa shape index (κ2) is 7.87. The lowest BCUT2D eigenvalue weighted by molar-refractivity contribution is -0.385. The quantitative estimate of drug-likeness (QED) is 0.472. The van der Waals surface area contributed by atoms with Gasteiger partial charge in [0.2, 0.25) is 5.91 Å². The van der Waals surface area contributed by atoms with Crippen molar-refractivity contribution in [2.24, 2.45) is 0 Å². The van der Waals surface area contributed by atoms with E-state index in [1.807, 2.05) is 0 Å². The topological polar surface area (TPSA) is 101 Å². The number of aliphatic carboxylic acids is 1. The summed E-state index contributed by atoms with van der Waals surface area (Å²) in [6.45, 7) is 0.251. The molecule has 0 aliphatic rings. The molecule has 118 valence electrons. The van der Waals surface area contributed by atoms with Gasteiger partial charge in [0.1, 0.15) is 5.82 Å². The van der Waals surface area contributed by atoms with Gasteiger partial charge in [-0.2, -0.15) is 0 Å². The van der Waals surface area contributed by atoms with E-state index in [4.69, 9.17) is 5.11 Å². The number of hydrogen-bond donors (Lipinski definition) is 1. The summed E-state index contributed by atoms with van der Waals surface area (Å²) in [6, 6.07) is 3.05. The third-order valence-electron chi connectivity index (χ3n) is 2.86. The normalized spacial score (nSPS) is 10.6. The van der Waals surface area contributed by atoms with Crippen molar-refractivity contribution in [3.05, 3.63) is 45.8 Å². The maximum atomic E-state index is 13.0. The Morgan fingerprint density at radius 3 is 2.73 bits per heavy atom. The molecule has 1 N–H and O–H groups in total. The Hall–Kier alpha value is -2.77. The Balaban J connectivity index is 2.73. The van der Waals surface area contributed by atoms with Crippen LogP contribution >= 0.6 is 0 Å². The van der Waals surface area contributed by atoms with Crippen molar-refractivity contribution in [2.75, 3.05) is 13.6 Å². The van der Waals surface area contributed by atoms with Crippen LogP contribution in [0.1, 0.15) is 18.4 Å². The van der Waals surface area contributed by atoms with E-state index in [0.717, 1.165) is 18.2 Å². The van der Waals surface area contributed by atoms with Gasteiger partial charge in [0.25, 0.3) is 5.69 Å². The van der Waals surface area contributed by atoms with Crippen molar-refractivity contribution in [1.82, 2.24) is 4.90 Å². The fourth-order valence-corrected chi connectivity index (χ4v) is 1.68. The second-order valence-electron chi connectivity index (χ2n) is 4.55. The molecule has 0 aliphatic heterocycles. The zero-order chi connectivity index (χ0) is 16.7. The number of nitro benzene ring substituents is 1. The first-order valence-electron chi connectivity index (χ1n) is 6.40. The van der Waals surface area contributed by atoms with Crippen molar-refractivity contribution in [2.45, 2.75) is 12.8 Å². The number of carbonyl (C=O) groups is 2. The molecular formula is C14H15FN2O5. The van der Waals surface area contributed by atoms with Gasteiger partial charge in [0, 0.05) is 26.1 Å². The molecule has 0 aliphatic carbocycles. The van der Waals surface area contributed by atoms with Crippen molar-refractivity contribution < 1.29 is 24.0 Å². The lowest BCUT2D eigenvalue weighted by Gasteiger charge is -2.13. The zero-order valence-electron chi connectivity index (χ0n) is 11.9. The molecule has 0 atom stereocenters. The first kappa shape index (κ1) is 17.3. The highest BCUT2D eigenvalue weighted by Gasteiger charge is 2.13. The van der Waals surface area contributed by atoms with E-state index in [2.05, 4.69) is 0 Å². The summed E-state index contributed by atoms with van der Waals surface area (Å²) in [7, 11) is 1.49. The summed E-state index contributed by atoms with van der Waals surface area (Å²) in [6.07, 6.45) is 2.61. The summed E-state index contributed by atoms with van der Waals surface area (Å²) in [5.41, 5.74) is -0.323. The fourth-order valence-electron chi connectivity index (χ4n) is 1.68. The molecule has 0 fully saturated rings. The molecule has 0 unspecified atom stereocenters. The van der Waals surface area contributed by atoms with Crippen LogP contribution in [0.4, 0.5) is 10.1 Å². The minimum absolute atomic E-state index is 0.0508. The van der Waals surface area contributed by atoms with Crippen molar-refractivity contribution >= 4 is 23.6 Å². The smallest absolute Gasteiger partial charge is 0.303 e. The number of rotatable bonds is 7. The van der Waals surface area contributed by atoms with Crippen LogP contribution in [0.2, 0.25) is 0 Å². The molecule has 22 heavy (non-hydrogen) atoms. The molecule has 8 heteroatoms. The van der Waals surface area contributed by atoms with Gasteiger partial charge in [-0.15, -0.1) is 0 Å². The molecule has 0 radical (unpaired) electrons. The number of nitrogens with zero attached hydrogens (tertiary/aromatic N) is 2. The van der Waals surface area contributed by atoms with Gasteiger partial charge in [-0.05, 0) is 24.6 Å². The summed E-state index contributed by atoms with van der Waals surface area (Å²) in [5.74, 6) is -2.11. The number of nitro groups is 1. The van der Waals surface area contributed by atoms with E-state index in [-0.39, 0.29) is 18.5 Å². The first-order chi connectivity index (χ1) is 10.3. The third-order valence-corrected chi connectivity index (χ3v) is 2.86. The number of hydrogen-bond acceptors (Lipinski definition) is 4. The van der Waals surface area contributed by atoms with Gasteiger partial charge in [0.15, 0.2) is 0 Å². The molecule has 1 aromatic carbocycles. The van der Waals surface area contributed by atoms with Gasteiger partial charge >= 0.3 is 5.97 Å². The number of carbonyl (C=O) groups excluding carboxylic acids is 1. The number of carboxylic acid groups (broad SMARTS) is 1. The van der Waals surface area contributed by atoms with E-state index >= 15 is 0 Å². The summed E-state index contributed by atoms with van der Waals surface area (Å²) < 4.78 is 13.0. The molecule has 1 aromatic rings. The van der Waals surface area contributed by atoms with E-state index in [1.165, 1.54) is 24.1 Å². The SMILES string of the molecule is CN(CCCC(=O)O)C(=O)/C=C/c1ccc(F)cc1[N+](=O)[O-]. The highest BCUT2D eigenvalue weighted by molar-refractivity contribution is 5.92. The molecule has 1 rings (SSSR count). The van der Waals surface area contributed by atoms with Crippen LogP contribution in [0.5, 0.6) is 0 Å². The van der Waals surface area contributed by atoms with Crippen LogP contribution in [-0.4, -0.2) is 40.4 Å². The van der Waals surface area contributed by atoms with E-state index in [0.29, 0.717) is 6.42 Å². The van der Waals surface area contributed by atoms with E-state index in [1.54, 1.807) is 0 Å². The highest BCUT2D eigenvalue weighted by Crippen LogP contribution is 2.21.